The van der Waals surface area contributed by atoms with Crippen molar-refractivity contribution in [2.24, 2.45) is 5.73 Å². The molecule has 3 heteroatoms. The van der Waals surface area contributed by atoms with E-state index in [4.69, 9.17) is 10.5 Å². The molecule has 0 aliphatic rings. The van der Waals surface area contributed by atoms with Gasteiger partial charge in [-0.2, -0.15) is 0 Å². The van der Waals surface area contributed by atoms with E-state index >= 15 is 0 Å². The zero-order valence-corrected chi connectivity index (χ0v) is 13.0. The van der Waals surface area contributed by atoms with Crippen LogP contribution in [0.15, 0.2) is 30.3 Å². The van der Waals surface area contributed by atoms with E-state index in [9.17, 15) is 4.39 Å². The average Bonchev–Trinajstić information content (AvgIpc) is 2.39. The van der Waals surface area contributed by atoms with Crippen molar-refractivity contribution in [3.05, 3.63) is 64.0 Å². The summed E-state index contributed by atoms with van der Waals surface area (Å²) in [7, 11) is 0. The van der Waals surface area contributed by atoms with Crippen LogP contribution in [0.2, 0.25) is 0 Å². The van der Waals surface area contributed by atoms with Crippen LogP contribution in [-0.4, -0.2) is 6.61 Å². The maximum Gasteiger partial charge on any atom is 0.126 e. The van der Waals surface area contributed by atoms with Crippen molar-refractivity contribution >= 4 is 0 Å². The van der Waals surface area contributed by atoms with Crippen LogP contribution in [0.5, 0.6) is 5.75 Å². The van der Waals surface area contributed by atoms with Crippen molar-refractivity contribution in [1.82, 2.24) is 0 Å². The molecule has 0 heterocycles. The normalized spacial score (nSPS) is 12.3. The highest BCUT2D eigenvalue weighted by Gasteiger charge is 2.13. The number of aryl methyl sites for hydroxylation is 4. The summed E-state index contributed by atoms with van der Waals surface area (Å²) < 4.78 is 18.9. The van der Waals surface area contributed by atoms with E-state index in [2.05, 4.69) is 32.9 Å². The SMILES string of the molecule is Cc1cc(C)c(C(N)COc2ccc(F)c(C)c2)c(C)c1. The number of ether oxygens (including phenoxy) is 1. The van der Waals surface area contributed by atoms with Crippen LogP contribution in [0, 0.1) is 33.5 Å². The van der Waals surface area contributed by atoms with Crippen LogP contribution in [0.25, 0.3) is 0 Å². The standard InChI is InChI=1S/C18H22FNO/c1-11-7-13(3)18(14(4)8-11)17(20)10-21-15-5-6-16(19)12(2)9-15/h5-9,17H,10,20H2,1-4H3. The van der Waals surface area contributed by atoms with E-state index in [-0.39, 0.29) is 11.9 Å². The molecule has 1 atom stereocenters. The van der Waals surface area contributed by atoms with Crippen LogP contribution in [-0.2, 0) is 0 Å². The smallest absolute Gasteiger partial charge is 0.126 e. The van der Waals surface area contributed by atoms with E-state index in [0.29, 0.717) is 17.9 Å². The zero-order valence-electron chi connectivity index (χ0n) is 13.0. The van der Waals surface area contributed by atoms with Gasteiger partial charge in [0.2, 0.25) is 0 Å². The largest absolute Gasteiger partial charge is 0.492 e. The Morgan fingerprint density at radius 2 is 1.62 bits per heavy atom. The van der Waals surface area contributed by atoms with Crippen molar-refractivity contribution < 1.29 is 9.13 Å². The molecule has 2 aromatic carbocycles. The molecule has 2 aromatic rings. The van der Waals surface area contributed by atoms with Gasteiger partial charge >= 0.3 is 0 Å². The molecular weight excluding hydrogens is 265 g/mol. The molecule has 0 radical (unpaired) electrons. The van der Waals surface area contributed by atoms with Crippen LogP contribution in [0.1, 0.15) is 33.9 Å². The second-order valence-electron chi connectivity index (χ2n) is 5.64. The van der Waals surface area contributed by atoms with Crippen molar-refractivity contribution in [2.75, 3.05) is 6.61 Å². The molecule has 2 rings (SSSR count). The van der Waals surface area contributed by atoms with Gasteiger partial charge in [-0.15, -0.1) is 0 Å². The van der Waals surface area contributed by atoms with E-state index < -0.39 is 0 Å². The molecule has 112 valence electrons. The number of nitrogens with two attached hydrogens (primary N) is 1. The molecular formula is C18H22FNO. The predicted octanol–water partition coefficient (Wildman–Crippen LogP) is 4.14. The third-order valence-corrected chi connectivity index (χ3v) is 3.67. The topological polar surface area (TPSA) is 35.2 Å². The Morgan fingerprint density at radius 3 is 2.19 bits per heavy atom. The first-order chi connectivity index (χ1) is 9.88. The number of hydrogen-bond donors (Lipinski definition) is 1. The summed E-state index contributed by atoms with van der Waals surface area (Å²) in [4.78, 5) is 0. The van der Waals surface area contributed by atoms with Gasteiger partial charge in [0.25, 0.3) is 0 Å². The molecule has 0 amide bonds. The Morgan fingerprint density at radius 1 is 1.00 bits per heavy atom. The number of halogens is 1. The van der Waals surface area contributed by atoms with Gasteiger partial charge in [0.1, 0.15) is 18.2 Å². The molecule has 0 bridgehead atoms. The Kier molecular flexibility index (Phi) is 4.63. The molecule has 1 unspecified atom stereocenters. The fraction of sp³-hybridized carbons (Fsp3) is 0.333. The third kappa shape index (κ3) is 3.61. The number of hydrogen-bond acceptors (Lipinski definition) is 2. The van der Waals surface area contributed by atoms with Crippen molar-refractivity contribution in [1.29, 1.82) is 0 Å². The number of benzene rings is 2. The minimum atomic E-state index is -0.225. The lowest BCUT2D eigenvalue weighted by Crippen LogP contribution is -2.21. The van der Waals surface area contributed by atoms with Gasteiger partial charge in [0.05, 0.1) is 6.04 Å². The first-order valence-electron chi connectivity index (χ1n) is 7.10. The third-order valence-electron chi connectivity index (χ3n) is 3.67. The summed E-state index contributed by atoms with van der Waals surface area (Å²) in [6.45, 7) is 8.30. The minimum Gasteiger partial charge on any atom is -0.492 e. The molecule has 2 nitrogen and oxygen atoms in total. The highest BCUT2D eigenvalue weighted by atomic mass is 19.1. The number of rotatable bonds is 4. The Hall–Kier alpha value is -1.87. The molecule has 0 aromatic heterocycles. The van der Waals surface area contributed by atoms with E-state index in [1.54, 1.807) is 19.1 Å². The summed E-state index contributed by atoms with van der Waals surface area (Å²) in [6.07, 6.45) is 0. The van der Waals surface area contributed by atoms with Crippen molar-refractivity contribution in [3.8, 4) is 5.75 Å². The zero-order chi connectivity index (χ0) is 15.6. The highest BCUT2D eigenvalue weighted by molar-refractivity contribution is 5.39. The summed E-state index contributed by atoms with van der Waals surface area (Å²) in [5.41, 5.74) is 11.6. The summed E-state index contributed by atoms with van der Waals surface area (Å²) in [5, 5.41) is 0. The molecule has 21 heavy (non-hydrogen) atoms. The Balaban J connectivity index is 2.11. The fourth-order valence-electron chi connectivity index (χ4n) is 2.75. The van der Waals surface area contributed by atoms with E-state index in [1.807, 2.05) is 0 Å². The quantitative estimate of drug-likeness (QED) is 0.917. The van der Waals surface area contributed by atoms with Crippen LogP contribution in [0.4, 0.5) is 4.39 Å². The minimum absolute atomic E-state index is 0.198. The first kappa shape index (κ1) is 15.5. The lowest BCUT2D eigenvalue weighted by Gasteiger charge is -2.19. The summed E-state index contributed by atoms with van der Waals surface area (Å²) in [6, 6.07) is 8.80. The molecule has 0 saturated carbocycles. The molecule has 2 N–H and O–H groups in total. The first-order valence-corrected chi connectivity index (χ1v) is 7.10. The van der Waals surface area contributed by atoms with Crippen LogP contribution < -0.4 is 10.5 Å². The predicted molar refractivity (Wildman–Crippen MR) is 84.2 cm³/mol. The lowest BCUT2D eigenvalue weighted by molar-refractivity contribution is 0.289. The van der Waals surface area contributed by atoms with Gasteiger partial charge in [0, 0.05) is 0 Å². The summed E-state index contributed by atoms with van der Waals surface area (Å²) >= 11 is 0. The monoisotopic (exact) mass is 287 g/mol. The maximum absolute atomic E-state index is 13.2. The van der Waals surface area contributed by atoms with Gasteiger partial charge in [-0.25, -0.2) is 4.39 Å². The van der Waals surface area contributed by atoms with Gasteiger partial charge in [0.15, 0.2) is 0 Å². The average molecular weight is 287 g/mol. The second-order valence-corrected chi connectivity index (χ2v) is 5.64. The highest BCUT2D eigenvalue weighted by Crippen LogP contribution is 2.23. The molecule has 0 saturated heterocycles. The van der Waals surface area contributed by atoms with Crippen molar-refractivity contribution in [2.45, 2.75) is 33.7 Å². The second kappa shape index (κ2) is 6.27. The molecule has 0 fully saturated rings. The van der Waals surface area contributed by atoms with E-state index in [1.165, 1.54) is 22.8 Å². The molecule has 0 aliphatic carbocycles. The summed E-state index contributed by atoms with van der Waals surface area (Å²) in [5.74, 6) is 0.420. The molecule has 0 spiro atoms. The maximum atomic E-state index is 13.2. The van der Waals surface area contributed by atoms with Gasteiger partial charge in [-0.1, -0.05) is 17.7 Å². The van der Waals surface area contributed by atoms with Crippen LogP contribution in [0.3, 0.4) is 0 Å². The van der Waals surface area contributed by atoms with Crippen molar-refractivity contribution in [3.63, 3.8) is 0 Å². The van der Waals surface area contributed by atoms with Gasteiger partial charge in [-0.05, 0) is 68.1 Å². The van der Waals surface area contributed by atoms with E-state index in [0.717, 1.165) is 5.56 Å². The molecule has 0 aliphatic heterocycles. The van der Waals surface area contributed by atoms with Gasteiger partial charge in [-0.3, -0.25) is 0 Å². The van der Waals surface area contributed by atoms with Gasteiger partial charge < -0.3 is 10.5 Å². The van der Waals surface area contributed by atoms with Crippen LogP contribution >= 0.6 is 0 Å². The Bertz CT molecular complexity index is 629. The lowest BCUT2D eigenvalue weighted by atomic mass is 9.95. The Labute approximate surface area is 125 Å². The fourth-order valence-corrected chi connectivity index (χ4v) is 2.75.